The highest BCUT2D eigenvalue weighted by atomic mass is 32.2. The number of carbonyl (C=O) groups excluding carboxylic acids is 1. The van der Waals surface area contributed by atoms with Crippen LogP contribution in [0, 0.1) is 17.0 Å². The lowest BCUT2D eigenvalue weighted by Crippen LogP contribution is -2.40. The molecule has 1 aromatic carbocycles. The second kappa shape index (κ2) is 8.34. The van der Waals surface area contributed by atoms with Crippen LogP contribution in [0.25, 0.3) is 0 Å². The first-order chi connectivity index (χ1) is 9.96. The van der Waals surface area contributed by atoms with Crippen LogP contribution in [0.5, 0.6) is 0 Å². The SMILES string of the molecule is CCC(CC)(CO)CNC(=O)CSc1ccc(F)c(F)c1. The predicted molar refractivity (Wildman–Crippen MR) is 80.2 cm³/mol. The van der Waals surface area contributed by atoms with E-state index in [0.29, 0.717) is 11.4 Å². The number of nitrogens with one attached hydrogen (secondary N) is 1. The molecule has 21 heavy (non-hydrogen) atoms. The Kier molecular flexibility index (Phi) is 7.11. The van der Waals surface area contributed by atoms with E-state index in [0.717, 1.165) is 36.7 Å². The van der Waals surface area contributed by atoms with Crippen molar-refractivity contribution < 1.29 is 18.7 Å². The molecule has 0 aliphatic rings. The van der Waals surface area contributed by atoms with Gasteiger partial charge in [0.25, 0.3) is 0 Å². The highest BCUT2D eigenvalue weighted by Crippen LogP contribution is 2.24. The highest BCUT2D eigenvalue weighted by molar-refractivity contribution is 8.00. The summed E-state index contributed by atoms with van der Waals surface area (Å²) >= 11 is 1.14. The van der Waals surface area contributed by atoms with Gasteiger partial charge in [0.15, 0.2) is 11.6 Å². The maximum Gasteiger partial charge on any atom is 0.230 e. The fraction of sp³-hybridized carbons (Fsp3) is 0.533. The third kappa shape index (κ3) is 5.28. The van der Waals surface area contributed by atoms with Crippen LogP contribution in [0.2, 0.25) is 0 Å². The predicted octanol–water partition coefficient (Wildman–Crippen LogP) is 2.97. The average molecular weight is 317 g/mol. The molecule has 1 rings (SSSR count). The van der Waals surface area contributed by atoms with Crippen molar-refractivity contribution in [1.29, 1.82) is 0 Å². The number of carbonyl (C=O) groups is 1. The van der Waals surface area contributed by atoms with Crippen molar-refractivity contribution in [3.8, 4) is 0 Å². The summed E-state index contributed by atoms with van der Waals surface area (Å²) in [4.78, 5) is 12.3. The Labute approximate surface area is 128 Å². The lowest BCUT2D eigenvalue weighted by atomic mass is 9.83. The first kappa shape index (κ1) is 17.9. The number of aliphatic hydroxyl groups excluding tert-OH is 1. The van der Waals surface area contributed by atoms with Gasteiger partial charge in [-0.2, -0.15) is 0 Å². The van der Waals surface area contributed by atoms with E-state index in [-0.39, 0.29) is 23.7 Å². The molecular formula is C15H21F2NO2S. The molecule has 0 aromatic heterocycles. The van der Waals surface area contributed by atoms with Gasteiger partial charge >= 0.3 is 0 Å². The first-order valence-corrected chi connectivity index (χ1v) is 7.90. The van der Waals surface area contributed by atoms with Crippen LogP contribution in [0.15, 0.2) is 23.1 Å². The zero-order valence-electron chi connectivity index (χ0n) is 12.3. The fourth-order valence-corrected chi connectivity index (χ4v) is 2.58. The van der Waals surface area contributed by atoms with E-state index in [1.807, 2.05) is 13.8 Å². The second-order valence-corrected chi connectivity index (χ2v) is 6.06. The standard InChI is InChI=1S/C15H21F2NO2S/c1-3-15(4-2,10-19)9-18-14(20)8-21-11-5-6-12(16)13(17)7-11/h5-7,19H,3-4,8-10H2,1-2H3,(H,18,20). The summed E-state index contributed by atoms with van der Waals surface area (Å²) in [6, 6.07) is 3.55. The molecule has 0 spiro atoms. The van der Waals surface area contributed by atoms with Crippen LogP contribution in [0.4, 0.5) is 8.78 Å². The summed E-state index contributed by atoms with van der Waals surface area (Å²) in [5.41, 5.74) is -0.289. The summed E-state index contributed by atoms with van der Waals surface area (Å²) in [6.45, 7) is 4.38. The molecule has 0 atom stereocenters. The average Bonchev–Trinajstić information content (AvgIpc) is 2.50. The summed E-state index contributed by atoms with van der Waals surface area (Å²) in [6.07, 6.45) is 1.55. The van der Waals surface area contributed by atoms with Crippen molar-refractivity contribution in [1.82, 2.24) is 5.32 Å². The minimum absolute atomic E-state index is 0.0244. The van der Waals surface area contributed by atoms with Gasteiger partial charge in [0.2, 0.25) is 5.91 Å². The highest BCUT2D eigenvalue weighted by Gasteiger charge is 2.25. The number of amides is 1. The number of thioether (sulfide) groups is 1. The number of aliphatic hydroxyl groups is 1. The van der Waals surface area contributed by atoms with Gasteiger partial charge in [-0.3, -0.25) is 4.79 Å². The molecule has 0 radical (unpaired) electrons. The topological polar surface area (TPSA) is 49.3 Å². The Hall–Kier alpha value is -1.14. The van der Waals surface area contributed by atoms with Crippen molar-refractivity contribution in [2.75, 3.05) is 18.9 Å². The van der Waals surface area contributed by atoms with Crippen LogP contribution in [-0.4, -0.2) is 29.9 Å². The minimum atomic E-state index is -0.920. The molecule has 2 N–H and O–H groups in total. The second-order valence-electron chi connectivity index (χ2n) is 5.01. The summed E-state index contributed by atoms with van der Waals surface area (Å²) in [5, 5.41) is 12.2. The number of benzene rings is 1. The molecule has 118 valence electrons. The molecule has 3 nitrogen and oxygen atoms in total. The normalized spacial score (nSPS) is 11.5. The van der Waals surface area contributed by atoms with Gasteiger partial charge in [0.05, 0.1) is 12.4 Å². The lowest BCUT2D eigenvalue weighted by molar-refractivity contribution is -0.119. The van der Waals surface area contributed by atoms with E-state index in [4.69, 9.17) is 0 Å². The Bertz CT molecular complexity index is 470. The fourth-order valence-electron chi connectivity index (χ4n) is 1.83. The van der Waals surface area contributed by atoms with Crippen molar-refractivity contribution in [3.63, 3.8) is 0 Å². The summed E-state index contributed by atoms with van der Waals surface area (Å²) in [5.74, 6) is -1.89. The number of rotatable bonds is 8. The summed E-state index contributed by atoms with van der Waals surface area (Å²) in [7, 11) is 0. The van der Waals surface area contributed by atoms with Gasteiger partial charge in [-0.15, -0.1) is 11.8 Å². The minimum Gasteiger partial charge on any atom is -0.396 e. The van der Waals surface area contributed by atoms with Crippen LogP contribution in [0.1, 0.15) is 26.7 Å². The lowest BCUT2D eigenvalue weighted by Gasteiger charge is -2.29. The van der Waals surface area contributed by atoms with Crippen LogP contribution < -0.4 is 5.32 Å². The third-order valence-electron chi connectivity index (χ3n) is 3.76. The van der Waals surface area contributed by atoms with Crippen molar-refractivity contribution >= 4 is 17.7 Å². The van der Waals surface area contributed by atoms with Gasteiger partial charge in [0.1, 0.15) is 0 Å². The van der Waals surface area contributed by atoms with Crippen LogP contribution in [0.3, 0.4) is 0 Å². The number of hydrogen-bond acceptors (Lipinski definition) is 3. The van der Waals surface area contributed by atoms with Crippen LogP contribution >= 0.6 is 11.8 Å². The van der Waals surface area contributed by atoms with Gasteiger partial charge in [-0.05, 0) is 31.0 Å². The monoisotopic (exact) mass is 317 g/mol. The van der Waals surface area contributed by atoms with Crippen molar-refractivity contribution in [2.24, 2.45) is 5.41 Å². The quantitative estimate of drug-likeness (QED) is 0.725. The van der Waals surface area contributed by atoms with E-state index >= 15 is 0 Å². The van der Waals surface area contributed by atoms with E-state index in [2.05, 4.69) is 5.32 Å². The molecule has 1 amide bonds. The third-order valence-corrected chi connectivity index (χ3v) is 4.75. The van der Waals surface area contributed by atoms with E-state index in [1.165, 1.54) is 6.07 Å². The molecule has 0 heterocycles. The van der Waals surface area contributed by atoms with Gasteiger partial charge < -0.3 is 10.4 Å². The van der Waals surface area contributed by atoms with Crippen molar-refractivity contribution in [2.45, 2.75) is 31.6 Å². The molecule has 0 unspecified atom stereocenters. The van der Waals surface area contributed by atoms with Gasteiger partial charge in [-0.25, -0.2) is 8.78 Å². The number of halogens is 2. The zero-order valence-corrected chi connectivity index (χ0v) is 13.1. The molecule has 0 fully saturated rings. The molecule has 0 saturated heterocycles. The Morgan fingerprint density at radius 3 is 2.48 bits per heavy atom. The van der Waals surface area contributed by atoms with E-state index in [9.17, 15) is 18.7 Å². The largest absolute Gasteiger partial charge is 0.396 e. The smallest absolute Gasteiger partial charge is 0.230 e. The maximum absolute atomic E-state index is 13.0. The molecule has 0 aliphatic heterocycles. The van der Waals surface area contributed by atoms with Gasteiger partial charge in [0, 0.05) is 16.9 Å². The molecule has 0 saturated carbocycles. The zero-order chi connectivity index (χ0) is 15.9. The van der Waals surface area contributed by atoms with Crippen LogP contribution in [-0.2, 0) is 4.79 Å². The maximum atomic E-state index is 13.0. The van der Waals surface area contributed by atoms with E-state index < -0.39 is 11.6 Å². The molecule has 0 bridgehead atoms. The molecule has 0 aliphatic carbocycles. The first-order valence-electron chi connectivity index (χ1n) is 6.91. The number of hydrogen-bond donors (Lipinski definition) is 2. The Balaban J connectivity index is 2.45. The van der Waals surface area contributed by atoms with Crippen molar-refractivity contribution in [3.05, 3.63) is 29.8 Å². The molecule has 6 heteroatoms. The molecule has 1 aromatic rings. The van der Waals surface area contributed by atoms with Gasteiger partial charge in [-0.1, -0.05) is 13.8 Å². The van der Waals surface area contributed by atoms with E-state index in [1.54, 1.807) is 0 Å². The summed E-state index contributed by atoms with van der Waals surface area (Å²) < 4.78 is 25.8. The molecular weight excluding hydrogens is 296 g/mol. The Morgan fingerprint density at radius 2 is 1.95 bits per heavy atom. The Morgan fingerprint density at radius 1 is 1.29 bits per heavy atom.